The normalized spacial score (nSPS) is 10.5. The second kappa shape index (κ2) is 3.88. The van der Waals surface area contributed by atoms with Crippen molar-refractivity contribution in [1.82, 2.24) is 9.97 Å². The number of nitrogens with zero attached hydrogens (tertiary/aromatic N) is 2. The van der Waals surface area contributed by atoms with Gasteiger partial charge in [0, 0.05) is 6.20 Å². The minimum atomic E-state index is -1.93. The molecule has 0 atom stereocenters. The van der Waals surface area contributed by atoms with Gasteiger partial charge in [0.05, 0.1) is 5.69 Å². The first-order chi connectivity index (χ1) is 7.61. The highest BCUT2D eigenvalue weighted by Gasteiger charge is 2.21. The van der Waals surface area contributed by atoms with Crippen LogP contribution in [-0.2, 0) is 0 Å². The van der Waals surface area contributed by atoms with Crippen molar-refractivity contribution in [2.24, 2.45) is 0 Å². The summed E-state index contributed by atoms with van der Waals surface area (Å²) in [5.74, 6) is -7.08. The fourth-order valence-electron chi connectivity index (χ4n) is 1.16. The first-order valence-electron chi connectivity index (χ1n) is 4.22. The lowest BCUT2D eigenvalue weighted by molar-refractivity contribution is 0.393. The molecule has 16 heavy (non-hydrogen) atoms. The van der Waals surface area contributed by atoms with E-state index in [2.05, 4.69) is 9.97 Å². The molecule has 2 rings (SSSR count). The summed E-state index contributed by atoms with van der Waals surface area (Å²) >= 11 is 0. The molecule has 0 spiro atoms. The van der Waals surface area contributed by atoms with Gasteiger partial charge in [0.15, 0.2) is 5.82 Å². The quantitative estimate of drug-likeness (QED) is 0.554. The van der Waals surface area contributed by atoms with Crippen molar-refractivity contribution < 1.29 is 17.6 Å². The molecule has 0 aromatic carbocycles. The lowest BCUT2D eigenvalue weighted by Gasteiger charge is -2.03. The van der Waals surface area contributed by atoms with Gasteiger partial charge in [-0.1, -0.05) is 6.07 Å². The Hall–Kier alpha value is -1.98. The van der Waals surface area contributed by atoms with E-state index in [1.165, 1.54) is 24.4 Å². The molecule has 0 fully saturated rings. The zero-order valence-electron chi connectivity index (χ0n) is 7.72. The number of halogens is 4. The van der Waals surface area contributed by atoms with Gasteiger partial charge in [0.1, 0.15) is 5.69 Å². The Balaban J connectivity index is 2.68. The molecule has 0 radical (unpaired) electrons. The van der Waals surface area contributed by atoms with Gasteiger partial charge >= 0.3 is 0 Å². The van der Waals surface area contributed by atoms with Crippen molar-refractivity contribution in [2.45, 2.75) is 0 Å². The average molecular weight is 228 g/mol. The van der Waals surface area contributed by atoms with E-state index >= 15 is 0 Å². The summed E-state index contributed by atoms with van der Waals surface area (Å²) < 4.78 is 51.5. The summed E-state index contributed by atoms with van der Waals surface area (Å²) in [6.45, 7) is 0. The number of hydrogen-bond acceptors (Lipinski definition) is 2. The van der Waals surface area contributed by atoms with Crippen LogP contribution in [0.25, 0.3) is 11.4 Å². The molecule has 2 heterocycles. The van der Waals surface area contributed by atoms with Gasteiger partial charge in [-0.3, -0.25) is 4.98 Å². The summed E-state index contributed by atoms with van der Waals surface area (Å²) in [7, 11) is 0. The highest BCUT2D eigenvalue weighted by Crippen LogP contribution is 2.22. The van der Waals surface area contributed by atoms with Gasteiger partial charge < -0.3 is 0 Å². The molecule has 2 nitrogen and oxygen atoms in total. The summed E-state index contributed by atoms with van der Waals surface area (Å²) in [5, 5.41) is 0. The standard InChI is InChI=1S/C10H4F4N2/c11-6-7(12)9(16-10(14)8(6)13)5-3-1-2-4-15-5/h1-4H. The van der Waals surface area contributed by atoms with E-state index in [9.17, 15) is 17.6 Å². The van der Waals surface area contributed by atoms with Crippen molar-refractivity contribution in [3.8, 4) is 11.4 Å². The van der Waals surface area contributed by atoms with Crippen molar-refractivity contribution >= 4 is 0 Å². The van der Waals surface area contributed by atoms with Crippen LogP contribution in [0.2, 0.25) is 0 Å². The first kappa shape index (κ1) is 10.5. The number of rotatable bonds is 1. The molecule has 2 aromatic heterocycles. The topological polar surface area (TPSA) is 25.8 Å². The van der Waals surface area contributed by atoms with Crippen LogP contribution in [0.15, 0.2) is 24.4 Å². The van der Waals surface area contributed by atoms with Crippen LogP contribution in [0.3, 0.4) is 0 Å². The van der Waals surface area contributed by atoms with Gasteiger partial charge in [0.25, 0.3) is 5.95 Å². The molecule has 0 aliphatic carbocycles. The van der Waals surface area contributed by atoms with Gasteiger partial charge in [-0.25, -0.2) is 13.8 Å². The first-order valence-corrected chi connectivity index (χ1v) is 4.22. The van der Waals surface area contributed by atoms with E-state index < -0.39 is 29.1 Å². The van der Waals surface area contributed by atoms with Crippen LogP contribution >= 0.6 is 0 Å². The van der Waals surface area contributed by atoms with Crippen LogP contribution in [0.4, 0.5) is 17.6 Å². The Kier molecular flexibility index (Phi) is 2.55. The van der Waals surface area contributed by atoms with Crippen LogP contribution in [0, 0.1) is 23.4 Å². The predicted molar refractivity (Wildman–Crippen MR) is 47.3 cm³/mol. The molecule has 2 aromatic rings. The van der Waals surface area contributed by atoms with E-state index in [0.717, 1.165) is 0 Å². The number of pyridine rings is 2. The molecule has 6 heteroatoms. The van der Waals surface area contributed by atoms with Gasteiger partial charge in [0.2, 0.25) is 11.6 Å². The molecule has 0 saturated carbocycles. The fraction of sp³-hybridized carbons (Fsp3) is 0. The van der Waals surface area contributed by atoms with Crippen molar-refractivity contribution in [3.05, 3.63) is 47.8 Å². The third-order valence-corrected chi connectivity index (χ3v) is 1.89. The van der Waals surface area contributed by atoms with E-state index in [0.29, 0.717) is 0 Å². The third kappa shape index (κ3) is 1.62. The number of aromatic nitrogens is 2. The minimum Gasteiger partial charge on any atom is -0.255 e. The van der Waals surface area contributed by atoms with Gasteiger partial charge in [-0.2, -0.15) is 8.78 Å². The Bertz CT molecular complexity index is 528. The largest absolute Gasteiger partial charge is 0.255 e. The summed E-state index contributed by atoms with van der Waals surface area (Å²) in [6, 6.07) is 4.34. The molecule has 82 valence electrons. The predicted octanol–water partition coefficient (Wildman–Crippen LogP) is 2.70. The Morgan fingerprint density at radius 1 is 0.875 bits per heavy atom. The zero-order chi connectivity index (χ0) is 11.7. The zero-order valence-corrected chi connectivity index (χ0v) is 7.72. The molecular formula is C10H4F4N2. The lowest BCUT2D eigenvalue weighted by atomic mass is 10.2. The SMILES string of the molecule is Fc1nc(-c2ccccn2)c(F)c(F)c1F. The van der Waals surface area contributed by atoms with Crippen LogP contribution < -0.4 is 0 Å². The van der Waals surface area contributed by atoms with Crippen molar-refractivity contribution in [1.29, 1.82) is 0 Å². The minimum absolute atomic E-state index is 0.0715. The third-order valence-electron chi connectivity index (χ3n) is 1.89. The van der Waals surface area contributed by atoms with Crippen LogP contribution in [-0.4, -0.2) is 9.97 Å². The fourth-order valence-corrected chi connectivity index (χ4v) is 1.16. The number of hydrogen-bond donors (Lipinski definition) is 0. The lowest BCUT2D eigenvalue weighted by Crippen LogP contribution is -2.03. The second-order valence-corrected chi connectivity index (χ2v) is 2.91. The molecule has 0 bridgehead atoms. The van der Waals surface area contributed by atoms with Crippen LogP contribution in [0.1, 0.15) is 0 Å². The van der Waals surface area contributed by atoms with E-state index in [-0.39, 0.29) is 5.69 Å². The second-order valence-electron chi connectivity index (χ2n) is 2.91. The molecule has 0 saturated heterocycles. The molecule has 0 aliphatic rings. The van der Waals surface area contributed by atoms with E-state index in [1.807, 2.05) is 0 Å². The van der Waals surface area contributed by atoms with E-state index in [1.54, 1.807) is 0 Å². The van der Waals surface area contributed by atoms with Gasteiger partial charge in [-0.05, 0) is 12.1 Å². The maximum Gasteiger partial charge on any atom is 0.252 e. The smallest absolute Gasteiger partial charge is 0.252 e. The highest BCUT2D eigenvalue weighted by molar-refractivity contribution is 5.54. The van der Waals surface area contributed by atoms with Crippen LogP contribution in [0.5, 0.6) is 0 Å². The monoisotopic (exact) mass is 228 g/mol. The summed E-state index contributed by atoms with van der Waals surface area (Å²) in [5.41, 5.74) is -0.727. The molecule has 0 N–H and O–H groups in total. The van der Waals surface area contributed by atoms with Crippen molar-refractivity contribution in [3.63, 3.8) is 0 Å². The average Bonchev–Trinajstić information content (AvgIpc) is 2.32. The van der Waals surface area contributed by atoms with E-state index in [4.69, 9.17) is 0 Å². The summed E-state index contributed by atoms with van der Waals surface area (Å²) in [4.78, 5) is 6.65. The van der Waals surface area contributed by atoms with Crippen molar-refractivity contribution in [2.75, 3.05) is 0 Å². The Morgan fingerprint density at radius 3 is 2.25 bits per heavy atom. The molecule has 0 aliphatic heterocycles. The Labute approximate surface area is 87.6 Å². The maximum atomic E-state index is 13.2. The molecular weight excluding hydrogens is 224 g/mol. The van der Waals surface area contributed by atoms with Gasteiger partial charge in [-0.15, -0.1) is 0 Å². The molecule has 0 unspecified atom stereocenters. The summed E-state index contributed by atoms with van der Waals surface area (Å²) in [6.07, 6.45) is 1.30. The Morgan fingerprint density at radius 2 is 1.62 bits per heavy atom. The maximum absolute atomic E-state index is 13.2. The molecule has 0 amide bonds. The highest BCUT2D eigenvalue weighted by atomic mass is 19.2.